The first-order valence-electron chi connectivity index (χ1n) is 16.5. The largest absolute Gasteiger partial charge is 0.340 e. The Morgan fingerprint density at radius 2 is 1.60 bits per heavy atom. The second kappa shape index (κ2) is 12.8. The van der Waals surface area contributed by atoms with Crippen molar-refractivity contribution in [1.29, 1.82) is 0 Å². The SMILES string of the molecule is CCCCC(CC)Cn1c2ccc(C(=NOC(C)=O)c3ccccc3C)cc2c2c3c(=O)c4ccccc4sc3c3ccccc3c21. The third-order valence-electron chi connectivity index (χ3n) is 9.46. The van der Waals surface area contributed by atoms with Crippen LogP contribution in [0.2, 0.25) is 0 Å². The topological polar surface area (TPSA) is 60.7 Å². The molecule has 0 saturated carbocycles. The highest BCUT2D eigenvalue weighted by Crippen LogP contribution is 2.43. The van der Waals surface area contributed by atoms with Gasteiger partial charge in [0.1, 0.15) is 5.71 Å². The quantitative estimate of drug-likeness (QED) is 0.0520. The van der Waals surface area contributed by atoms with Crippen LogP contribution in [0.3, 0.4) is 0 Å². The van der Waals surface area contributed by atoms with E-state index < -0.39 is 5.97 Å². The highest BCUT2D eigenvalue weighted by Gasteiger charge is 2.24. The molecule has 5 aromatic carbocycles. The predicted octanol–water partition coefficient (Wildman–Crippen LogP) is 10.5. The molecule has 7 aromatic rings. The monoisotopic (exact) mass is 638 g/mol. The molecule has 1 unspecified atom stereocenters. The predicted molar refractivity (Wildman–Crippen MR) is 198 cm³/mol. The van der Waals surface area contributed by atoms with E-state index in [1.165, 1.54) is 13.3 Å². The summed E-state index contributed by atoms with van der Waals surface area (Å²) in [4.78, 5) is 31.8. The number of benzene rings is 5. The van der Waals surface area contributed by atoms with E-state index in [0.29, 0.717) is 11.6 Å². The van der Waals surface area contributed by atoms with Gasteiger partial charge in [-0.15, -0.1) is 11.3 Å². The zero-order valence-electron chi connectivity index (χ0n) is 27.3. The van der Waals surface area contributed by atoms with Crippen molar-refractivity contribution in [3.8, 4) is 0 Å². The summed E-state index contributed by atoms with van der Waals surface area (Å²) in [7, 11) is 0. The number of aromatic nitrogens is 1. The maximum atomic E-state index is 14.6. The van der Waals surface area contributed by atoms with Crippen molar-refractivity contribution in [3.05, 3.63) is 118 Å². The smallest absolute Gasteiger partial charge is 0.332 e. The summed E-state index contributed by atoms with van der Waals surface area (Å²) >= 11 is 1.69. The molecule has 0 N–H and O–H groups in total. The molecule has 0 radical (unpaired) electrons. The van der Waals surface area contributed by atoms with Crippen LogP contribution in [0.25, 0.3) is 52.8 Å². The Kier molecular flexibility index (Phi) is 8.37. The number of fused-ring (bicyclic) bond motifs is 9. The van der Waals surface area contributed by atoms with Gasteiger partial charge in [-0.25, -0.2) is 4.79 Å². The zero-order valence-corrected chi connectivity index (χ0v) is 28.1. The molecule has 6 heteroatoms. The summed E-state index contributed by atoms with van der Waals surface area (Å²) in [6, 6.07) is 30.8. The van der Waals surface area contributed by atoms with Crippen LogP contribution >= 0.6 is 11.3 Å². The van der Waals surface area contributed by atoms with Crippen LogP contribution in [0.4, 0.5) is 0 Å². The first-order chi connectivity index (χ1) is 22.9. The third-order valence-corrected chi connectivity index (χ3v) is 10.7. The maximum Gasteiger partial charge on any atom is 0.332 e. The molecule has 2 heterocycles. The van der Waals surface area contributed by atoms with Gasteiger partial charge in [0.05, 0.1) is 10.9 Å². The van der Waals surface area contributed by atoms with Crippen molar-refractivity contribution < 1.29 is 9.63 Å². The first-order valence-corrected chi connectivity index (χ1v) is 17.4. The van der Waals surface area contributed by atoms with Crippen molar-refractivity contribution in [3.63, 3.8) is 0 Å². The number of carbonyl (C=O) groups is 1. The number of hydrogen-bond acceptors (Lipinski definition) is 5. The van der Waals surface area contributed by atoms with Gasteiger partial charge >= 0.3 is 5.97 Å². The molecular weight excluding hydrogens is 601 g/mol. The fourth-order valence-electron chi connectivity index (χ4n) is 7.05. The fourth-order valence-corrected chi connectivity index (χ4v) is 8.27. The number of carbonyl (C=O) groups excluding carboxylic acids is 1. The van der Waals surface area contributed by atoms with Crippen LogP contribution in [0.15, 0.2) is 101 Å². The van der Waals surface area contributed by atoms with Crippen molar-refractivity contribution in [1.82, 2.24) is 4.57 Å². The van der Waals surface area contributed by atoms with Gasteiger partial charge in [0.2, 0.25) is 0 Å². The highest BCUT2D eigenvalue weighted by molar-refractivity contribution is 7.25. The minimum atomic E-state index is -0.478. The van der Waals surface area contributed by atoms with Crippen LogP contribution in [-0.4, -0.2) is 16.2 Å². The Bertz CT molecular complexity index is 2420. The minimum absolute atomic E-state index is 0.0558. The van der Waals surface area contributed by atoms with Crippen LogP contribution in [0, 0.1) is 12.8 Å². The van der Waals surface area contributed by atoms with Crippen molar-refractivity contribution in [2.75, 3.05) is 0 Å². The second-order valence-electron chi connectivity index (χ2n) is 12.5. The molecule has 5 nitrogen and oxygen atoms in total. The molecule has 0 aliphatic heterocycles. The molecule has 0 aliphatic rings. The Balaban J connectivity index is 1.64. The van der Waals surface area contributed by atoms with Crippen LogP contribution in [0.1, 0.15) is 63.1 Å². The van der Waals surface area contributed by atoms with Gasteiger partial charge in [-0.3, -0.25) is 4.79 Å². The summed E-state index contributed by atoms with van der Waals surface area (Å²) < 4.78 is 4.46. The Morgan fingerprint density at radius 3 is 2.34 bits per heavy atom. The van der Waals surface area contributed by atoms with Gasteiger partial charge in [-0.2, -0.15) is 0 Å². The van der Waals surface area contributed by atoms with Gasteiger partial charge in [-0.05, 0) is 49.1 Å². The lowest BCUT2D eigenvalue weighted by molar-refractivity contribution is -0.140. The Labute approximate surface area is 278 Å². The maximum absolute atomic E-state index is 14.6. The number of aryl methyl sites for hydroxylation is 1. The first kappa shape index (κ1) is 30.8. The van der Waals surface area contributed by atoms with E-state index in [9.17, 15) is 9.59 Å². The van der Waals surface area contributed by atoms with Gasteiger partial charge in [0.25, 0.3) is 0 Å². The molecule has 0 bridgehead atoms. The highest BCUT2D eigenvalue weighted by atomic mass is 32.1. The van der Waals surface area contributed by atoms with Gasteiger partial charge < -0.3 is 9.40 Å². The average molecular weight is 639 g/mol. The van der Waals surface area contributed by atoms with Crippen molar-refractivity contribution in [2.45, 2.75) is 59.9 Å². The number of oxime groups is 1. The minimum Gasteiger partial charge on any atom is -0.340 e. The molecule has 236 valence electrons. The summed E-state index contributed by atoms with van der Waals surface area (Å²) in [6.45, 7) is 8.78. The average Bonchev–Trinajstić information content (AvgIpc) is 3.40. The summed E-state index contributed by atoms with van der Waals surface area (Å²) in [5, 5.41) is 10.1. The summed E-state index contributed by atoms with van der Waals surface area (Å²) in [6.07, 6.45) is 4.59. The molecule has 0 amide bonds. The Morgan fingerprint density at radius 1 is 0.872 bits per heavy atom. The van der Waals surface area contributed by atoms with E-state index >= 15 is 0 Å². The van der Waals surface area contributed by atoms with Crippen molar-refractivity contribution in [2.24, 2.45) is 11.1 Å². The van der Waals surface area contributed by atoms with Gasteiger partial charge in [0, 0.05) is 66.4 Å². The van der Waals surface area contributed by atoms with Crippen LogP contribution in [-0.2, 0) is 16.2 Å². The van der Waals surface area contributed by atoms with Gasteiger partial charge in [0.15, 0.2) is 5.43 Å². The van der Waals surface area contributed by atoms with Gasteiger partial charge in [-0.1, -0.05) is 105 Å². The second-order valence-corrected chi connectivity index (χ2v) is 13.5. The van der Waals surface area contributed by atoms with E-state index in [0.717, 1.165) is 95.2 Å². The Hall–Kier alpha value is -4.81. The molecule has 0 spiro atoms. The lowest BCUT2D eigenvalue weighted by atomic mass is 9.96. The van der Waals surface area contributed by atoms with E-state index in [1.807, 2.05) is 55.5 Å². The van der Waals surface area contributed by atoms with Crippen LogP contribution < -0.4 is 5.43 Å². The molecule has 47 heavy (non-hydrogen) atoms. The summed E-state index contributed by atoms with van der Waals surface area (Å²) in [5.41, 5.74) is 5.55. The van der Waals surface area contributed by atoms with E-state index in [4.69, 9.17) is 4.84 Å². The van der Waals surface area contributed by atoms with E-state index in [2.05, 4.69) is 66.0 Å². The molecule has 0 aliphatic carbocycles. The number of hydrogen-bond donors (Lipinski definition) is 0. The zero-order chi connectivity index (χ0) is 32.7. The van der Waals surface area contributed by atoms with Crippen molar-refractivity contribution >= 4 is 75.8 Å². The molecule has 0 saturated heterocycles. The summed E-state index contributed by atoms with van der Waals surface area (Å²) in [5.74, 6) is 0.0235. The van der Waals surface area contributed by atoms with E-state index in [1.54, 1.807) is 11.3 Å². The molecular formula is C41H38N2O3S. The lowest BCUT2D eigenvalue weighted by Gasteiger charge is -2.18. The number of unbranched alkanes of at least 4 members (excludes halogenated alkanes) is 1. The van der Waals surface area contributed by atoms with E-state index in [-0.39, 0.29) is 5.43 Å². The number of nitrogens with zero attached hydrogens (tertiary/aromatic N) is 2. The fraction of sp³-hybridized carbons (Fsp3) is 0.244. The molecule has 2 aromatic heterocycles. The molecule has 0 fully saturated rings. The normalized spacial score (nSPS) is 12.9. The molecule has 1 atom stereocenters. The third kappa shape index (κ3) is 5.40. The standard InChI is InChI=1S/C41H38N2O3S/c1-5-7-15-27(6-2)24-43-34-22-21-28(38(42-46-26(4)44)29-16-9-8-14-25(29)3)23-33(34)36-37-40(45)32-19-12-13-20-35(32)47-41(37)31-18-11-10-17-30(31)39(36)43/h8-14,16-23,27H,5-7,15,24H2,1-4H3. The number of rotatable bonds is 9. The lowest BCUT2D eigenvalue weighted by Crippen LogP contribution is -2.11. The van der Waals surface area contributed by atoms with Crippen LogP contribution in [0.5, 0.6) is 0 Å². The molecule has 7 rings (SSSR count).